The lowest BCUT2D eigenvalue weighted by Gasteiger charge is -2.15. The van der Waals surface area contributed by atoms with Gasteiger partial charge in [0.2, 0.25) is 15.9 Å². The van der Waals surface area contributed by atoms with E-state index in [9.17, 15) is 13.2 Å². The number of amides is 1. The van der Waals surface area contributed by atoms with Crippen molar-refractivity contribution in [1.29, 1.82) is 0 Å². The monoisotopic (exact) mass is 259 g/mol. The van der Waals surface area contributed by atoms with Crippen LogP contribution in [0.2, 0.25) is 0 Å². The van der Waals surface area contributed by atoms with Gasteiger partial charge in [0.25, 0.3) is 0 Å². The van der Waals surface area contributed by atoms with Crippen molar-refractivity contribution < 1.29 is 13.2 Å². The van der Waals surface area contributed by atoms with Crippen molar-refractivity contribution in [1.82, 2.24) is 4.72 Å². The van der Waals surface area contributed by atoms with E-state index in [4.69, 9.17) is 0 Å². The fourth-order valence-electron chi connectivity index (χ4n) is 2.11. The highest BCUT2D eigenvalue weighted by Gasteiger charge is 2.25. The number of carbonyl (C=O) groups excluding carboxylic acids is 1. The summed E-state index contributed by atoms with van der Waals surface area (Å²) in [4.78, 5) is 11.6. The van der Waals surface area contributed by atoms with E-state index in [-0.39, 0.29) is 18.2 Å². The van der Waals surface area contributed by atoms with Gasteiger partial charge in [0.1, 0.15) is 0 Å². The smallest absolute Gasteiger partial charge is 0.237 e. The molecular formula is C12H21NO3S. The Morgan fingerprint density at radius 2 is 2.06 bits per heavy atom. The Morgan fingerprint density at radius 1 is 1.41 bits per heavy atom. The van der Waals surface area contributed by atoms with Gasteiger partial charge in [-0.3, -0.25) is 9.52 Å². The van der Waals surface area contributed by atoms with Crippen molar-refractivity contribution in [3.05, 3.63) is 12.2 Å². The summed E-state index contributed by atoms with van der Waals surface area (Å²) in [5.74, 6) is -0.180. The van der Waals surface area contributed by atoms with Crippen LogP contribution in [0.5, 0.6) is 0 Å². The van der Waals surface area contributed by atoms with Crippen LogP contribution in [-0.2, 0) is 14.8 Å². The van der Waals surface area contributed by atoms with Crippen molar-refractivity contribution in [2.24, 2.45) is 5.92 Å². The van der Waals surface area contributed by atoms with Crippen LogP contribution in [0.25, 0.3) is 0 Å². The first-order valence-corrected chi connectivity index (χ1v) is 7.75. The predicted molar refractivity (Wildman–Crippen MR) is 67.9 cm³/mol. The van der Waals surface area contributed by atoms with Crippen LogP contribution in [0.15, 0.2) is 12.2 Å². The highest BCUT2D eigenvalue weighted by molar-refractivity contribution is 7.90. The van der Waals surface area contributed by atoms with E-state index >= 15 is 0 Å². The molecule has 0 aromatic carbocycles. The summed E-state index contributed by atoms with van der Waals surface area (Å²) in [5, 5.41) is -0.467. The van der Waals surface area contributed by atoms with E-state index in [1.807, 2.05) is 26.0 Å². The second kappa shape index (κ2) is 6.19. The van der Waals surface area contributed by atoms with Gasteiger partial charge >= 0.3 is 0 Å². The molecule has 0 heterocycles. The topological polar surface area (TPSA) is 63.2 Å². The third-order valence-electron chi connectivity index (χ3n) is 3.17. The van der Waals surface area contributed by atoms with Crippen molar-refractivity contribution in [2.75, 3.05) is 0 Å². The molecule has 0 aliphatic heterocycles. The van der Waals surface area contributed by atoms with Crippen LogP contribution in [0, 0.1) is 5.92 Å². The molecule has 1 atom stereocenters. The summed E-state index contributed by atoms with van der Waals surface area (Å²) in [7, 11) is -3.49. The molecule has 1 aliphatic rings. The predicted octanol–water partition coefficient (Wildman–Crippen LogP) is 1.98. The Bertz CT molecular complexity index is 383. The number of hydrogen-bond donors (Lipinski definition) is 1. The summed E-state index contributed by atoms with van der Waals surface area (Å²) < 4.78 is 25.8. The Labute approximate surface area is 104 Å². The number of rotatable bonds is 6. The molecule has 4 nitrogen and oxygen atoms in total. The van der Waals surface area contributed by atoms with E-state index in [1.165, 1.54) is 0 Å². The van der Waals surface area contributed by atoms with Crippen molar-refractivity contribution in [2.45, 2.75) is 51.2 Å². The zero-order valence-corrected chi connectivity index (χ0v) is 11.3. The van der Waals surface area contributed by atoms with Crippen LogP contribution in [-0.4, -0.2) is 19.6 Å². The molecule has 0 spiro atoms. The summed E-state index contributed by atoms with van der Waals surface area (Å²) in [5.41, 5.74) is 0. The first kappa shape index (κ1) is 14.2. The number of nitrogens with one attached hydrogen (secondary N) is 1. The maximum Gasteiger partial charge on any atom is 0.237 e. The minimum atomic E-state index is -3.49. The van der Waals surface area contributed by atoms with E-state index in [1.54, 1.807) is 0 Å². The maximum absolute atomic E-state index is 11.8. The molecular weight excluding hydrogens is 238 g/mol. The van der Waals surface area contributed by atoms with Gasteiger partial charge in [0.05, 0.1) is 5.25 Å². The fraction of sp³-hybridized carbons (Fsp3) is 0.750. The van der Waals surface area contributed by atoms with Crippen LogP contribution >= 0.6 is 0 Å². The van der Waals surface area contributed by atoms with Crippen LogP contribution in [0.3, 0.4) is 0 Å². The third kappa shape index (κ3) is 4.15. The molecule has 1 N–H and O–H groups in total. The van der Waals surface area contributed by atoms with Gasteiger partial charge in [-0.05, 0) is 31.6 Å². The number of carbonyl (C=O) groups is 1. The van der Waals surface area contributed by atoms with Gasteiger partial charge in [-0.1, -0.05) is 26.0 Å². The zero-order valence-electron chi connectivity index (χ0n) is 10.5. The molecule has 0 aromatic rings. The summed E-state index contributed by atoms with van der Waals surface area (Å²) in [6.45, 7) is 3.63. The van der Waals surface area contributed by atoms with Crippen LogP contribution in [0.1, 0.15) is 46.0 Å². The molecule has 0 fully saturated rings. The van der Waals surface area contributed by atoms with E-state index in [0.29, 0.717) is 12.8 Å². The molecule has 1 aliphatic carbocycles. The van der Waals surface area contributed by atoms with Gasteiger partial charge in [-0.2, -0.15) is 0 Å². The average molecular weight is 259 g/mol. The van der Waals surface area contributed by atoms with Crippen molar-refractivity contribution in [3.8, 4) is 0 Å². The molecule has 0 saturated heterocycles. The molecule has 0 saturated carbocycles. The highest BCUT2D eigenvalue weighted by atomic mass is 32.2. The fourth-order valence-corrected chi connectivity index (χ4v) is 3.56. The second-order valence-electron chi connectivity index (χ2n) is 4.48. The van der Waals surface area contributed by atoms with E-state index in [0.717, 1.165) is 12.8 Å². The first-order valence-electron chi connectivity index (χ1n) is 6.20. The second-order valence-corrected chi connectivity index (χ2v) is 6.44. The van der Waals surface area contributed by atoms with Crippen LogP contribution in [0.4, 0.5) is 0 Å². The normalized spacial score (nSPS) is 19.8. The molecule has 0 aromatic heterocycles. The molecule has 17 heavy (non-hydrogen) atoms. The Balaban J connectivity index is 2.52. The Morgan fingerprint density at radius 3 is 2.53 bits per heavy atom. The van der Waals surface area contributed by atoms with Gasteiger partial charge in [0.15, 0.2) is 0 Å². The summed E-state index contributed by atoms with van der Waals surface area (Å²) >= 11 is 0. The SMILES string of the molecule is CCC(CC)S(=O)(=O)NC(=O)CC1C=CCC1. The Kier molecular flexibility index (Phi) is 5.18. The first-order chi connectivity index (χ1) is 7.99. The minimum absolute atomic E-state index is 0.201. The highest BCUT2D eigenvalue weighted by Crippen LogP contribution is 2.20. The summed E-state index contributed by atoms with van der Waals surface area (Å²) in [6, 6.07) is 0. The molecule has 5 heteroatoms. The largest absolute Gasteiger partial charge is 0.274 e. The van der Waals surface area contributed by atoms with Gasteiger partial charge in [-0.15, -0.1) is 0 Å². The van der Waals surface area contributed by atoms with Crippen LogP contribution < -0.4 is 4.72 Å². The lowest BCUT2D eigenvalue weighted by Crippen LogP contribution is -2.38. The molecule has 1 amide bonds. The van der Waals surface area contributed by atoms with Crippen molar-refractivity contribution >= 4 is 15.9 Å². The van der Waals surface area contributed by atoms with Crippen molar-refractivity contribution in [3.63, 3.8) is 0 Å². The molecule has 1 unspecified atom stereocenters. The number of sulfonamides is 1. The molecule has 0 radical (unpaired) electrons. The average Bonchev–Trinajstić information content (AvgIpc) is 2.70. The number of hydrogen-bond acceptors (Lipinski definition) is 3. The third-order valence-corrected chi connectivity index (χ3v) is 5.22. The maximum atomic E-state index is 11.8. The minimum Gasteiger partial charge on any atom is -0.274 e. The van der Waals surface area contributed by atoms with E-state index in [2.05, 4.69) is 4.72 Å². The molecule has 98 valence electrons. The number of allylic oxidation sites excluding steroid dienone is 2. The zero-order chi connectivity index (χ0) is 12.9. The summed E-state index contributed by atoms with van der Waals surface area (Å²) in [6.07, 6.45) is 7.28. The van der Waals surface area contributed by atoms with Gasteiger partial charge in [-0.25, -0.2) is 8.42 Å². The lowest BCUT2D eigenvalue weighted by atomic mass is 10.1. The van der Waals surface area contributed by atoms with Gasteiger partial charge in [0, 0.05) is 6.42 Å². The Hall–Kier alpha value is -0.840. The molecule has 0 bridgehead atoms. The van der Waals surface area contributed by atoms with Gasteiger partial charge < -0.3 is 0 Å². The standard InChI is InChI=1S/C12H21NO3S/c1-3-11(4-2)17(15,16)13-12(14)9-10-7-5-6-8-10/h5,7,10-11H,3-4,6,8-9H2,1-2H3,(H,13,14). The van der Waals surface area contributed by atoms with E-state index < -0.39 is 15.3 Å². The molecule has 1 rings (SSSR count). The quantitative estimate of drug-likeness (QED) is 0.742. The lowest BCUT2D eigenvalue weighted by molar-refractivity contribution is -0.119.